The van der Waals surface area contributed by atoms with Crippen molar-refractivity contribution in [3.05, 3.63) is 0 Å². The molecule has 1 saturated carbocycles. The first-order valence-electron chi connectivity index (χ1n) is 5.20. The third kappa shape index (κ3) is 2.71. The highest BCUT2D eigenvalue weighted by molar-refractivity contribution is 7.93. The molecular weight excluding hydrogens is 216 g/mol. The van der Waals surface area contributed by atoms with Crippen molar-refractivity contribution in [2.24, 2.45) is 5.92 Å². The standard InChI is InChI=1S/C10H18O4S/c1-4-14-9(11)10(2,3)15(12,13)7-8-5-6-8/h8H,4-7H2,1-3H3. The topological polar surface area (TPSA) is 60.4 Å². The van der Waals surface area contributed by atoms with E-state index in [0.717, 1.165) is 12.8 Å². The van der Waals surface area contributed by atoms with Gasteiger partial charge >= 0.3 is 5.97 Å². The highest BCUT2D eigenvalue weighted by Crippen LogP contribution is 2.33. The molecule has 0 atom stereocenters. The van der Waals surface area contributed by atoms with E-state index in [1.807, 2.05) is 0 Å². The van der Waals surface area contributed by atoms with E-state index in [0.29, 0.717) is 0 Å². The molecule has 0 N–H and O–H groups in total. The van der Waals surface area contributed by atoms with Crippen LogP contribution in [0.5, 0.6) is 0 Å². The van der Waals surface area contributed by atoms with Gasteiger partial charge in [-0.15, -0.1) is 0 Å². The van der Waals surface area contributed by atoms with E-state index in [4.69, 9.17) is 4.74 Å². The molecule has 0 radical (unpaired) electrons. The first-order chi connectivity index (χ1) is 6.81. The molecule has 5 heteroatoms. The molecule has 0 aromatic heterocycles. The zero-order valence-corrected chi connectivity index (χ0v) is 10.3. The average molecular weight is 234 g/mol. The van der Waals surface area contributed by atoms with E-state index in [-0.39, 0.29) is 18.3 Å². The van der Waals surface area contributed by atoms with Crippen LogP contribution in [0.3, 0.4) is 0 Å². The van der Waals surface area contributed by atoms with Crippen LogP contribution in [0.4, 0.5) is 0 Å². The minimum atomic E-state index is -3.39. The van der Waals surface area contributed by atoms with Gasteiger partial charge in [0.2, 0.25) is 0 Å². The summed E-state index contributed by atoms with van der Waals surface area (Å²) in [5.41, 5.74) is 0. The molecule has 0 aromatic rings. The summed E-state index contributed by atoms with van der Waals surface area (Å²) in [6.07, 6.45) is 1.91. The third-order valence-electron chi connectivity index (χ3n) is 2.70. The molecule has 1 aliphatic carbocycles. The molecule has 0 amide bonds. The zero-order chi connectivity index (χ0) is 11.7. The van der Waals surface area contributed by atoms with Gasteiger partial charge in [-0.1, -0.05) is 0 Å². The number of rotatable bonds is 5. The van der Waals surface area contributed by atoms with Gasteiger partial charge in [0.15, 0.2) is 14.6 Å². The molecule has 4 nitrogen and oxygen atoms in total. The van der Waals surface area contributed by atoms with E-state index in [1.165, 1.54) is 13.8 Å². The highest BCUT2D eigenvalue weighted by atomic mass is 32.2. The largest absolute Gasteiger partial charge is 0.465 e. The first-order valence-corrected chi connectivity index (χ1v) is 6.86. The fourth-order valence-electron chi connectivity index (χ4n) is 1.24. The number of esters is 1. The summed E-state index contributed by atoms with van der Waals surface area (Å²) < 4.78 is 27.2. The van der Waals surface area contributed by atoms with Crippen LogP contribution in [0.2, 0.25) is 0 Å². The Kier molecular flexibility index (Phi) is 3.43. The molecule has 0 spiro atoms. The number of sulfone groups is 1. The molecule has 0 heterocycles. The van der Waals surface area contributed by atoms with Crippen LogP contribution in [0, 0.1) is 5.92 Å². The lowest BCUT2D eigenvalue weighted by Gasteiger charge is -2.22. The maximum Gasteiger partial charge on any atom is 0.326 e. The average Bonchev–Trinajstić information content (AvgIpc) is 2.87. The van der Waals surface area contributed by atoms with Crippen molar-refractivity contribution in [2.75, 3.05) is 12.4 Å². The summed E-state index contributed by atoms with van der Waals surface area (Å²) in [5.74, 6) is -0.284. The highest BCUT2D eigenvalue weighted by Gasteiger charge is 2.45. The van der Waals surface area contributed by atoms with Crippen molar-refractivity contribution >= 4 is 15.8 Å². The molecule has 0 saturated heterocycles. The normalized spacial score (nSPS) is 17.5. The van der Waals surface area contributed by atoms with Crippen LogP contribution < -0.4 is 0 Å². The summed E-state index contributed by atoms with van der Waals surface area (Å²) in [6, 6.07) is 0. The Morgan fingerprint density at radius 1 is 1.40 bits per heavy atom. The number of hydrogen-bond donors (Lipinski definition) is 0. The number of carbonyl (C=O) groups excluding carboxylic acids is 1. The van der Waals surface area contributed by atoms with Crippen LogP contribution in [-0.2, 0) is 19.4 Å². The van der Waals surface area contributed by atoms with Gasteiger partial charge in [-0.2, -0.15) is 0 Å². The predicted octanol–water partition coefficient (Wildman–Crippen LogP) is 1.15. The van der Waals surface area contributed by atoms with E-state index >= 15 is 0 Å². The van der Waals surface area contributed by atoms with Gasteiger partial charge < -0.3 is 4.74 Å². The van der Waals surface area contributed by atoms with Crippen molar-refractivity contribution < 1.29 is 17.9 Å². The number of ether oxygens (including phenoxy) is 1. The smallest absolute Gasteiger partial charge is 0.326 e. The molecule has 1 fully saturated rings. The minimum Gasteiger partial charge on any atom is -0.465 e. The maximum atomic E-state index is 11.9. The van der Waals surface area contributed by atoms with Crippen LogP contribution in [0.1, 0.15) is 33.6 Å². The third-order valence-corrected chi connectivity index (χ3v) is 5.33. The van der Waals surface area contributed by atoms with Gasteiger partial charge in [-0.3, -0.25) is 4.79 Å². The molecule has 1 aliphatic rings. The Bertz CT molecular complexity index is 338. The van der Waals surface area contributed by atoms with E-state index < -0.39 is 20.6 Å². The quantitative estimate of drug-likeness (QED) is 0.670. The lowest BCUT2D eigenvalue weighted by molar-refractivity contribution is -0.145. The maximum absolute atomic E-state index is 11.9. The summed E-state index contributed by atoms with van der Waals surface area (Å²) in [6.45, 7) is 4.72. The Morgan fingerprint density at radius 3 is 2.33 bits per heavy atom. The van der Waals surface area contributed by atoms with Gasteiger partial charge in [0, 0.05) is 0 Å². The molecule has 0 aromatic carbocycles. The second-order valence-corrected chi connectivity index (χ2v) is 7.04. The van der Waals surface area contributed by atoms with Gasteiger partial charge in [-0.05, 0) is 39.5 Å². The van der Waals surface area contributed by atoms with E-state index in [2.05, 4.69) is 0 Å². The van der Waals surface area contributed by atoms with Crippen molar-refractivity contribution in [1.29, 1.82) is 0 Å². The summed E-state index contributed by atoms with van der Waals surface area (Å²) in [7, 11) is -3.39. The van der Waals surface area contributed by atoms with Crippen molar-refractivity contribution in [1.82, 2.24) is 0 Å². The zero-order valence-electron chi connectivity index (χ0n) is 9.45. The summed E-state index contributed by atoms with van der Waals surface area (Å²) in [5, 5.41) is 0. The second-order valence-electron chi connectivity index (χ2n) is 4.46. The number of hydrogen-bond acceptors (Lipinski definition) is 4. The molecule has 15 heavy (non-hydrogen) atoms. The Balaban J connectivity index is 2.77. The Hall–Kier alpha value is -0.580. The molecule has 0 aliphatic heterocycles. The van der Waals surface area contributed by atoms with Gasteiger partial charge in [-0.25, -0.2) is 8.42 Å². The number of carbonyl (C=O) groups is 1. The van der Waals surface area contributed by atoms with E-state index in [9.17, 15) is 13.2 Å². The van der Waals surface area contributed by atoms with Crippen LogP contribution in [0.15, 0.2) is 0 Å². The molecule has 88 valence electrons. The molecule has 0 bridgehead atoms. The van der Waals surface area contributed by atoms with Crippen LogP contribution in [0.25, 0.3) is 0 Å². The fourth-order valence-corrected chi connectivity index (χ4v) is 2.92. The molecule has 0 unspecified atom stereocenters. The lowest BCUT2D eigenvalue weighted by Crippen LogP contribution is -2.43. The van der Waals surface area contributed by atoms with Crippen LogP contribution in [-0.4, -0.2) is 31.5 Å². The summed E-state index contributed by atoms with van der Waals surface area (Å²) in [4.78, 5) is 11.5. The van der Waals surface area contributed by atoms with Gasteiger partial charge in [0.05, 0.1) is 12.4 Å². The van der Waals surface area contributed by atoms with Gasteiger partial charge in [0.25, 0.3) is 0 Å². The van der Waals surface area contributed by atoms with Crippen LogP contribution >= 0.6 is 0 Å². The summed E-state index contributed by atoms with van der Waals surface area (Å²) >= 11 is 0. The second kappa shape index (κ2) is 4.12. The van der Waals surface area contributed by atoms with Crippen molar-refractivity contribution in [3.63, 3.8) is 0 Å². The van der Waals surface area contributed by atoms with Crippen molar-refractivity contribution in [2.45, 2.75) is 38.4 Å². The fraction of sp³-hybridized carbons (Fsp3) is 0.900. The first kappa shape index (κ1) is 12.5. The SMILES string of the molecule is CCOC(=O)C(C)(C)S(=O)(=O)CC1CC1. The molecular formula is C10H18O4S. The monoisotopic (exact) mass is 234 g/mol. The van der Waals surface area contributed by atoms with Crippen molar-refractivity contribution in [3.8, 4) is 0 Å². The Morgan fingerprint density at radius 2 is 1.93 bits per heavy atom. The molecule has 1 rings (SSSR count). The minimum absolute atomic E-state index is 0.110. The predicted molar refractivity (Wildman–Crippen MR) is 57.2 cm³/mol. The van der Waals surface area contributed by atoms with Gasteiger partial charge in [0.1, 0.15) is 0 Å². The lowest BCUT2D eigenvalue weighted by atomic mass is 10.2. The Labute approximate surface area is 90.9 Å². The van der Waals surface area contributed by atoms with E-state index in [1.54, 1.807) is 6.92 Å².